The van der Waals surface area contributed by atoms with E-state index in [9.17, 15) is 4.79 Å². The Labute approximate surface area is 123 Å². The van der Waals surface area contributed by atoms with Gasteiger partial charge in [-0.1, -0.05) is 49.0 Å². The highest BCUT2D eigenvalue weighted by Crippen LogP contribution is 2.24. The second-order valence-corrected chi connectivity index (χ2v) is 5.43. The summed E-state index contributed by atoms with van der Waals surface area (Å²) in [5.74, 6) is 0.458. The molecular weight excluding hydrogens is 270 g/mol. The van der Waals surface area contributed by atoms with Crippen molar-refractivity contribution in [1.82, 2.24) is 14.9 Å². The zero-order chi connectivity index (χ0) is 14.4. The maximum absolute atomic E-state index is 11.6. The van der Waals surface area contributed by atoms with E-state index in [0.717, 1.165) is 29.4 Å². The lowest BCUT2D eigenvalue weighted by atomic mass is 10.2. The van der Waals surface area contributed by atoms with Gasteiger partial charge in [-0.2, -0.15) is 0 Å². The molecule has 1 aromatic heterocycles. The number of aromatic nitrogens is 2. The van der Waals surface area contributed by atoms with Crippen LogP contribution in [0.3, 0.4) is 0 Å². The summed E-state index contributed by atoms with van der Waals surface area (Å²) in [6.07, 6.45) is 2.80. The van der Waals surface area contributed by atoms with Crippen LogP contribution < -0.4 is 5.32 Å². The molecule has 0 radical (unpaired) electrons. The van der Waals surface area contributed by atoms with Crippen molar-refractivity contribution in [3.63, 3.8) is 0 Å². The van der Waals surface area contributed by atoms with Gasteiger partial charge in [0.25, 0.3) is 0 Å². The van der Waals surface area contributed by atoms with Crippen molar-refractivity contribution in [2.75, 3.05) is 12.3 Å². The third-order valence-electron chi connectivity index (χ3n) is 2.92. The third-order valence-corrected chi connectivity index (χ3v) is 3.96. The van der Waals surface area contributed by atoms with Gasteiger partial charge in [0, 0.05) is 13.6 Å². The van der Waals surface area contributed by atoms with Gasteiger partial charge in [-0.15, -0.1) is 0 Å². The molecule has 0 aliphatic rings. The molecule has 0 unspecified atom stereocenters. The van der Waals surface area contributed by atoms with E-state index in [1.807, 2.05) is 42.9 Å². The maximum atomic E-state index is 11.6. The number of nitrogens with zero attached hydrogens (tertiary/aromatic N) is 2. The predicted octanol–water partition coefficient (Wildman–Crippen LogP) is 2.71. The van der Waals surface area contributed by atoms with E-state index < -0.39 is 0 Å². The summed E-state index contributed by atoms with van der Waals surface area (Å²) in [6, 6.07) is 10.1. The zero-order valence-electron chi connectivity index (χ0n) is 11.8. The van der Waals surface area contributed by atoms with Crippen LogP contribution in [0.15, 0.2) is 41.7 Å². The number of rotatable bonds is 6. The average molecular weight is 289 g/mol. The first-order chi connectivity index (χ1) is 9.72. The number of carbonyl (C=O) groups excluding carboxylic acids is 1. The average Bonchev–Trinajstić information content (AvgIpc) is 2.85. The normalized spacial score (nSPS) is 10.5. The third kappa shape index (κ3) is 3.63. The molecule has 0 spiro atoms. The smallest absolute Gasteiger partial charge is 0.230 e. The second kappa shape index (κ2) is 7.14. The molecule has 0 aliphatic carbocycles. The molecule has 0 aliphatic heterocycles. The Morgan fingerprint density at radius 2 is 2.10 bits per heavy atom. The van der Waals surface area contributed by atoms with Gasteiger partial charge >= 0.3 is 0 Å². The van der Waals surface area contributed by atoms with Crippen molar-refractivity contribution in [2.24, 2.45) is 7.05 Å². The van der Waals surface area contributed by atoms with E-state index in [1.165, 1.54) is 11.8 Å². The topological polar surface area (TPSA) is 46.9 Å². The number of thioether (sulfide) groups is 1. The quantitative estimate of drug-likeness (QED) is 0.832. The highest BCUT2D eigenvalue weighted by atomic mass is 32.2. The molecule has 0 fully saturated rings. The lowest BCUT2D eigenvalue weighted by Crippen LogP contribution is -2.25. The molecule has 0 saturated carbocycles. The lowest BCUT2D eigenvalue weighted by molar-refractivity contribution is -0.118. The van der Waals surface area contributed by atoms with Crippen LogP contribution in [0.1, 0.15) is 13.3 Å². The molecule has 1 amide bonds. The fourth-order valence-corrected chi connectivity index (χ4v) is 2.63. The van der Waals surface area contributed by atoms with Gasteiger partial charge in [0.05, 0.1) is 17.6 Å². The summed E-state index contributed by atoms with van der Waals surface area (Å²) in [7, 11) is 1.97. The maximum Gasteiger partial charge on any atom is 0.230 e. The van der Waals surface area contributed by atoms with Crippen molar-refractivity contribution in [2.45, 2.75) is 18.5 Å². The first-order valence-corrected chi connectivity index (χ1v) is 7.67. The largest absolute Gasteiger partial charge is 0.355 e. The molecule has 4 nitrogen and oxygen atoms in total. The molecule has 20 heavy (non-hydrogen) atoms. The Morgan fingerprint density at radius 1 is 1.35 bits per heavy atom. The van der Waals surface area contributed by atoms with Gasteiger partial charge in [0.15, 0.2) is 5.16 Å². The Morgan fingerprint density at radius 3 is 2.80 bits per heavy atom. The summed E-state index contributed by atoms with van der Waals surface area (Å²) in [5.41, 5.74) is 2.19. The molecule has 0 saturated heterocycles. The molecule has 106 valence electrons. The van der Waals surface area contributed by atoms with Crippen LogP contribution in [-0.4, -0.2) is 27.8 Å². The minimum Gasteiger partial charge on any atom is -0.355 e. The summed E-state index contributed by atoms with van der Waals surface area (Å²) in [5, 5.41) is 3.72. The molecule has 2 rings (SSSR count). The van der Waals surface area contributed by atoms with Crippen molar-refractivity contribution >= 4 is 17.7 Å². The number of hydrogen-bond donors (Lipinski definition) is 1. The van der Waals surface area contributed by atoms with Gasteiger partial charge < -0.3 is 9.88 Å². The van der Waals surface area contributed by atoms with Crippen LogP contribution in [0.25, 0.3) is 11.3 Å². The standard InChI is InChI=1S/C15H19N3OS/c1-3-9-16-14(19)11-20-15-17-10-13(18(15)2)12-7-5-4-6-8-12/h4-8,10H,3,9,11H2,1-2H3,(H,16,19). The predicted molar refractivity (Wildman–Crippen MR) is 82.7 cm³/mol. The zero-order valence-corrected chi connectivity index (χ0v) is 12.6. The summed E-state index contributed by atoms with van der Waals surface area (Å²) in [6.45, 7) is 2.77. The Kier molecular flexibility index (Phi) is 5.24. The van der Waals surface area contributed by atoms with E-state index in [1.54, 1.807) is 0 Å². The van der Waals surface area contributed by atoms with Crippen LogP contribution in [-0.2, 0) is 11.8 Å². The van der Waals surface area contributed by atoms with Crippen LogP contribution in [0.4, 0.5) is 0 Å². The Balaban J connectivity index is 2.01. The van der Waals surface area contributed by atoms with Gasteiger partial charge in [0.2, 0.25) is 5.91 Å². The Bertz CT molecular complexity index is 566. The van der Waals surface area contributed by atoms with E-state index in [0.29, 0.717) is 5.75 Å². The molecule has 0 bridgehead atoms. The van der Waals surface area contributed by atoms with Gasteiger partial charge in [-0.25, -0.2) is 4.98 Å². The lowest BCUT2D eigenvalue weighted by Gasteiger charge is -2.06. The highest BCUT2D eigenvalue weighted by Gasteiger charge is 2.10. The van der Waals surface area contributed by atoms with E-state index in [2.05, 4.69) is 22.4 Å². The fraction of sp³-hybridized carbons (Fsp3) is 0.333. The van der Waals surface area contributed by atoms with Crippen molar-refractivity contribution < 1.29 is 4.79 Å². The number of imidazole rings is 1. The summed E-state index contributed by atoms with van der Waals surface area (Å²) >= 11 is 1.46. The molecule has 1 N–H and O–H groups in total. The van der Waals surface area contributed by atoms with Crippen molar-refractivity contribution in [3.05, 3.63) is 36.5 Å². The monoisotopic (exact) mass is 289 g/mol. The van der Waals surface area contributed by atoms with Gasteiger partial charge in [-0.05, 0) is 12.0 Å². The van der Waals surface area contributed by atoms with E-state index >= 15 is 0 Å². The highest BCUT2D eigenvalue weighted by molar-refractivity contribution is 7.99. The molecule has 5 heteroatoms. The molecule has 1 heterocycles. The van der Waals surface area contributed by atoms with Crippen LogP contribution in [0, 0.1) is 0 Å². The summed E-state index contributed by atoms with van der Waals surface area (Å²) in [4.78, 5) is 16.0. The number of carbonyl (C=O) groups is 1. The van der Waals surface area contributed by atoms with Crippen molar-refractivity contribution in [3.8, 4) is 11.3 Å². The second-order valence-electron chi connectivity index (χ2n) is 4.49. The number of benzene rings is 1. The number of nitrogens with one attached hydrogen (secondary N) is 1. The van der Waals surface area contributed by atoms with Crippen LogP contribution in [0.5, 0.6) is 0 Å². The Hall–Kier alpha value is -1.75. The van der Waals surface area contributed by atoms with Gasteiger partial charge in [0.1, 0.15) is 0 Å². The molecular formula is C15H19N3OS. The first-order valence-electron chi connectivity index (χ1n) is 6.69. The molecule has 2 aromatic rings. The van der Waals surface area contributed by atoms with E-state index in [-0.39, 0.29) is 5.91 Å². The van der Waals surface area contributed by atoms with E-state index in [4.69, 9.17) is 0 Å². The summed E-state index contributed by atoms with van der Waals surface area (Å²) < 4.78 is 2.02. The molecule has 0 atom stereocenters. The number of hydrogen-bond acceptors (Lipinski definition) is 3. The number of amides is 1. The van der Waals surface area contributed by atoms with Gasteiger partial charge in [-0.3, -0.25) is 4.79 Å². The molecule has 1 aromatic carbocycles. The van der Waals surface area contributed by atoms with Crippen LogP contribution in [0.2, 0.25) is 0 Å². The first kappa shape index (κ1) is 14.7. The minimum absolute atomic E-state index is 0.0566. The SMILES string of the molecule is CCCNC(=O)CSc1ncc(-c2ccccc2)n1C. The van der Waals surface area contributed by atoms with Crippen LogP contribution >= 0.6 is 11.8 Å². The van der Waals surface area contributed by atoms with Crippen molar-refractivity contribution in [1.29, 1.82) is 0 Å². The minimum atomic E-state index is 0.0566. The fourth-order valence-electron chi connectivity index (χ4n) is 1.85.